The molecule has 1 fully saturated rings. The molecule has 4 rings (SSSR count). The van der Waals surface area contributed by atoms with Gasteiger partial charge in [-0.25, -0.2) is 0 Å². The van der Waals surface area contributed by atoms with Crippen molar-refractivity contribution in [1.82, 2.24) is 5.32 Å². The third-order valence-corrected chi connectivity index (χ3v) is 4.85. The number of fused-ring (bicyclic) bond motifs is 1. The molecule has 1 atom stereocenters. The summed E-state index contributed by atoms with van der Waals surface area (Å²) >= 11 is 0. The molecule has 2 aromatic rings. The van der Waals surface area contributed by atoms with E-state index in [1.165, 1.54) is 0 Å². The Labute approximate surface area is 163 Å². The quantitative estimate of drug-likeness (QED) is 0.831. The molecule has 28 heavy (non-hydrogen) atoms. The van der Waals surface area contributed by atoms with E-state index < -0.39 is 0 Å². The molecule has 7 heteroatoms. The topological polar surface area (TPSA) is 77.1 Å². The lowest BCUT2D eigenvalue weighted by Crippen LogP contribution is -2.31. The molecular weight excluding hydrogens is 360 g/mol. The molecule has 0 bridgehead atoms. The molecule has 2 heterocycles. The average Bonchev–Trinajstić information content (AvgIpc) is 3.34. The van der Waals surface area contributed by atoms with Gasteiger partial charge in [0, 0.05) is 24.7 Å². The Morgan fingerprint density at radius 2 is 2.07 bits per heavy atom. The van der Waals surface area contributed by atoms with Crippen LogP contribution in [-0.4, -0.2) is 31.8 Å². The summed E-state index contributed by atoms with van der Waals surface area (Å²) in [6.07, 6.45) is 1.44. The molecular formula is C21H22N2O5. The highest BCUT2D eigenvalue weighted by atomic mass is 16.7. The van der Waals surface area contributed by atoms with Crippen LogP contribution in [-0.2, 0) is 9.59 Å². The lowest BCUT2D eigenvalue weighted by atomic mass is 10.1. The van der Waals surface area contributed by atoms with Crippen LogP contribution in [0.2, 0.25) is 0 Å². The van der Waals surface area contributed by atoms with Gasteiger partial charge in [-0.05, 0) is 43.2 Å². The van der Waals surface area contributed by atoms with Gasteiger partial charge in [0.1, 0.15) is 5.75 Å². The minimum atomic E-state index is -0.229. The highest BCUT2D eigenvalue weighted by molar-refractivity contribution is 5.95. The molecule has 2 aromatic carbocycles. The van der Waals surface area contributed by atoms with Crippen molar-refractivity contribution in [3.63, 3.8) is 0 Å². The van der Waals surface area contributed by atoms with Gasteiger partial charge in [0.05, 0.1) is 6.04 Å². The third-order valence-electron chi connectivity index (χ3n) is 4.85. The first-order chi connectivity index (χ1) is 13.6. The normalized spacial score (nSPS) is 16.2. The van der Waals surface area contributed by atoms with Crippen molar-refractivity contribution in [2.45, 2.75) is 25.8 Å². The smallest absolute Gasteiger partial charge is 0.258 e. The van der Waals surface area contributed by atoms with E-state index in [-0.39, 0.29) is 31.3 Å². The second kappa shape index (κ2) is 7.80. The number of nitrogens with one attached hydrogen (secondary N) is 1. The molecule has 0 aromatic heterocycles. The second-order valence-electron chi connectivity index (χ2n) is 6.84. The summed E-state index contributed by atoms with van der Waals surface area (Å²) in [6, 6.07) is 12.7. The number of amides is 2. The van der Waals surface area contributed by atoms with Crippen molar-refractivity contribution in [3.8, 4) is 17.2 Å². The molecule has 2 aliphatic rings. The third kappa shape index (κ3) is 3.88. The number of anilines is 1. The van der Waals surface area contributed by atoms with Crippen LogP contribution in [0.1, 0.15) is 31.4 Å². The van der Waals surface area contributed by atoms with E-state index in [0.29, 0.717) is 23.7 Å². The maximum atomic E-state index is 12.3. The Kier molecular flexibility index (Phi) is 5.06. The van der Waals surface area contributed by atoms with Gasteiger partial charge < -0.3 is 24.4 Å². The number of ether oxygens (including phenoxy) is 3. The summed E-state index contributed by atoms with van der Waals surface area (Å²) in [5.41, 5.74) is 1.72. The predicted molar refractivity (Wildman–Crippen MR) is 103 cm³/mol. The molecule has 0 aliphatic carbocycles. The molecule has 0 radical (unpaired) electrons. The Morgan fingerprint density at radius 3 is 2.89 bits per heavy atom. The zero-order valence-electron chi connectivity index (χ0n) is 15.6. The second-order valence-corrected chi connectivity index (χ2v) is 6.84. The fourth-order valence-electron chi connectivity index (χ4n) is 3.36. The largest absolute Gasteiger partial charge is 0.484 e. The number of hydrogen-bond donors (Lipinski definition) is 1. The SMILES string of the molecule is C[C@@H](NC(=O)COc1cccc(N2CCCC2=O)c1)c1ccc2c(c1)OCO2. The van der Waals surface area contributed by atoms with Crippen molar-refractivity contribution >= 4 is 17.5 Å². The van der Waals surface area contributed by atoms with Crippen molar-refractivity contribution in [3.05, 3.63) is 48.0 Å². The van der Waals surface area contributed by atoms with Crippen molar-refractivity contribution in [2.75, 3.05) is 24.8 Å². The standard InChI is InChI=1S/C21H22N2O5/c1-14(15-7-8-18-19(10-15)28-13-27-18)22-20(24)12-26-17-5-2-4-16(11-17)23-9-3-6-21(23)25/h2,4-5,7-8,10-11,14H,3,6,9,12-13H2,1H3,(H,22,24)/t14-/m1/s1. The molecule has 2 amide bonds. The molecule has 7 nitrogen and oxygen atoms in total. The first-order valence-corrected chi connectivity index (χ1v) is 9.32. The van der Waals surface area contributed by atoms with E-state index in [2.05, 4.69) is 5.32 Å². The van der Waals surface area contributed by atoms with Crippen LogP contribution >= 0.6 is 0 Å². The predicted octanol–water partition coefficient (Wildman–Crippen LogP) is 2.80. The van der Waals surface area contributed by atoms with Gasteiger partial charge in [-0.2, -0.15) is 0 Å². The van der Waals surface area contributed by atoms with E-state index in [4.69, 9.17) is 14.2 Å². The first kappa shape index (κ1) is 18.2. The number of nitrogens with zero attached hydrogens (tertiary/aromatic N) is 1. The fraction of sp³-hybridized carbons (Fsp3) is 0.333. The maximum Gasteiger partial charge on any atom is 0.258 e. The molecule has 0 saturated carbocycles. The van der Waals surface area contributed by atoms with Gasteiger partial charge in [0.2, 0.25) is 12.7 Å². The van der Waals surface area contributed by atoms with Crippen LogP contribution in [0.25, 0.3) is 0 Å². The van der Waals surface area contributed by atoms with Gasteiger partial charge in [-0.3, -0.25) is 9.59 Å². The number of rotatable bonds is 6. The number of carbonyl (C=O) groups excluding carboxylic acids is 2. The van der Waals surface area contributed by atoms with Crippen LogP contribution < -0.4 is 24.4 Å². The highest BCUT2D eigenvalue weighted by Crippen LogP contribution is 2.34. The summed E-state index contributed by atoms with van der Waals surface area (Å²) in [6.45, 7) is 2.73. The molecule has 146 valence electrons. The van der Waals surface area contributed by atoms with Crippen LogP contribution in [0.5, 0.6) is 17.2 Å². The Balaban J connectivity index is 1.32. The minimum absolute atomic E-state index is 0.105. The highest BCUT2D eigenvalue weighted by Gasteiger charge is 2.22. The number of carbonyl (C=O) groups is 2. The molecule has 0 unspecified atom stereocenters. The molecule has 0 spiro atoms. The van der Waals surface area contributed by atoms with Gasteiger partial charge >= 0.3 is 0 Å². The van der Waals surface area contributed by atoms with Gasteiger partial charge in [-0.15, -0.1) is 0 Å². The Bertz CT molecular complexity index is 898. The van der Waals surface area contributed by atoms with E-state index in [1.807, 2.05) is 37.3 Å². The Morgan fingerprint density at radius 1 is 1.21 bits per heavy atom. The molecule has 1 N–H and O–H groups in total. The van der Waals surface area contributed by atoms with Crippen LogP contribution in [0.3, 0.4) is 0 Å². The number of benzene rings is 2. The molecule has 2 aliphatic heterocycles. The lowest BCUT2D eigenvalue weighted by Gasteiger charge is -2.17. The lowest BCUT2D eigenvalue weighted by molar-refractivity contribution is -0.123. The van der Waals surface area contributed by atoms with Crippen molar-refractivity contribution in [2.24, 2.45) is 0 Å². The Hall–Kier alpha value is -3.22. The summed E-state index contributed by atoms with van der Waals surface area (Å²) in [5.74, 6) is 1.84. The van der Waals surface area contributed by atoms with E-state index in [0.717, 1.165) is 24.2 Å². The minimum Gasteiger partial charge on any atom is -0.484 e. The number of hydrogen-bond acceptors (Lipinski definition) is 5. The maximum absolute atomic E-state index is 12.3. The van der Waals surface area contributed by atoms with E-state index in [9.17, 15) is 9.59 Å². The first-order valence-electron chi connectivity index (χ1n) is 9.32. The van der Waals surface area contributed by atoms with Gasteiger partial charge in [0.25, 0.3) is 5.91 Å². The molecule has 1 saturated heterocycles. The monoisotopic (exact) mass is 382 g/mol. The van der Waals surface area contributed by atoms with Crippen LogP contribution in [0, 0.1) is 0 Å². The summed E-state index contributed by atoms with van der Waals surface area (Å²) < 4.78 is 16.3. The fourth-order valence-corrected chi connectivity index (χ4v) is 3.36. The van der Waals surface area contributed by atoms with Crippen LogP contribution in [0.15, 0.2) is 42.5 Å². The van der Waals surface area contributed by atoms with Gasteiger partial charge in [0.15, 0.2) is 18.1 Å². The summed E-state index contributed by atoms with van der Waals surface area (Å²) in [5, 5.41) is 2.91. The van der Waals surface area contributed by atoms with E-state index in [1.54, 1.807) is 17.0 Å². The summed E-state index contributed by atoms with van der Waals surface area (Å²) in [7, 11) is 0. The average molecular weight is 382 g/mol. The van der Waals surface area contributed by atoms with Crippen molar-refractivity contribution in [1.29, 1.82) is 0 Å². The summed E-state index contributed by atoms with van der Waals surface area (Å²) in [4.78, 5) is 25.9. The van der Waals surface area contributed by atoms with Gasteiger partial charge in [-0.1, -0.05) is 12.1 Å². The zero-order chi connectivity index (χ0) is 19.5. The van der Waals surface area contributed by atoms with E-state index >= 15 is 0 Å². The van der Waals surface area contributed by atoms with Crippen molar-refractivity contribution < 1.29 is 23.8 Å². The van der Waals surface area contributed by atoms with Crippen LogP contribution in [0.4, 0.5) is 5.69 Å². The zero-order valence-corrected chi connectivity index (χ0v) is 15.6.